The minimum Gasteiger partial charge on any atom is -0.394 e. The SMILES string of the molecule is O=C(N[C@H](CO)Cc1ccccc1)c1sc2ccccc2c1Nc1ccnc2[nH]ccc12. The molecule has 6 nitrogen and oxygen atoms in total. The van der Waals surface area contributed by atoms with Gasteiger partial charge in [0.15, 0.2) is 0 Å². The summed E-state index contributed by atoms with van der Waals surface area (Å²) >= 11 is 1.44. The number of benzene rings is 2. The van der Waals surface area contributed by atoms with Gasteiger partial charge in [-0.3, -0.25) is 4.79 Å². The lowest BCUT2D eigenvalue weighted by atomic mass is 10.1. The second-order valence-corrected chi connectivity index (χ2v) is 8.62. The normalized spacial score (nSPS) is 12.2. The quantitative estimate of drug-likeness (QED) is 0.290. The molecule has 1 atom stereocenters. The summed E-state index contributed by atoms with van der Waals surface area (Å²) in [5.41, 5.74) is 3.47. The predicted octanol–water partition coefficient (Wildman–Crippen LogP) is 4.85. The molecule has 32 heavy (non-hydrogen) atoms. The van der Waals surface area contributed by atoms with Crippen molar-refractivity contribution < 1.29 is 9.90 Å². The van der Waals surface area contributed by atoms with Crippen molar-refractivity contribution in [1.29, 1.82) is 0 Å². The molecule has 1 amide bonds. The van der Waals surface area contributed by atoms with Crippen LogP contribution in [-0.2, 0) is 6.42 Å². The number of pyridine rings is 1. The van der Waals surface area contributed by atoms with Crippen LogP contribution >= 0.6 is 11.3 Å². The van der Waals surface area contributed by atoms with Gasteiger partial charge in [0.25, 0.3) is 5.91 Å². The summed E-state index contributed by atoms with van der Waals surface area (Å²) in [4.78, 5) is 21.4. The van der Waals surface area contributed by atoms with Gasteiger partial charge in [-0.1, -0.05) is 48.5 Å². The minimum atomic E-state index is -0.375. The summed E-state index contributed by atoms with van der Waals surface area (Å²) in [6, 6.07) is 21.3. The molecule has 3 heterocycles. The Hall–Kier alpha value is -3.68. The van der Waals surface area contributed by atoms with Crippen LogP contribution < -0.4 is 10.6 Å². The van der Waals surface area contributed by atoms with E-state index in [9.17, 15) is 9.90 Å². The molecule has 0 aliphatic rings. The number of hydrogen-bond acceptors (Lipinski definition) is 5. The summed E-state index contributed by atoms with van der Waals surface area (Å²) in [6.45, 7) is -0.136. The summed E-state index contributed by atoms with van der Waals surface area (Å²) in [5, 5.41) is 18.3. The van der Waals surface area contributed by atoms with Crippen LogP contribution in [0.5, 0.6) is 0 Å². The Morgan fingerprint density at radius 1 is 1.03 bits per heavy atom. The van der Waals surface area contributed by atoms with E-state index >= 15 is 0 Å². The first-order chi connectivity index (χ1) is 15.7. The van der Waals surface area contributed by atoms with Gasteiger partial charge in [-0.25, -0.2) is 4.98 Å². The van der Waals surface area contributed by atoms with Gasteiger partial charge in [0.2, 0.25) is 0 Å². The smallest absolute Gasteiger partial charge is 0.263 e. The number of aromatic amines is 1. The monoisotopic (exact) mass is 442 g/mol. The molecule has 0 aliphatic carbocycles. The number of H-pyrrole nitrogens is 1. The van der Waals surface area contributed by atoms with Gasteiger partial charge in [0, 0.05) is 27.9 Å². The Bertz CT molecular complexity index is 1380. The first-order valence-corrected chi connectivity index (χ1v) is 11.2. The van der Waals surface area contributed by atoms with Crippen molar-refractivity contribution in [3.05, 3.63) is 89.6 Å². The number of thiophene rings is 1. The van der Waals surface area contributed by atoms with E-state index in [2.05, 4.69) is 20.6 Å². The van der Waals surface area contributed by atoms with Gasteiger partial charge in [0.1, 0.15) is 10.5 Å². The molecule has 160 valence electrons. The number of nitrogens with zero attached hydrogens (tertiary/aromatic N) is 1. The number of carbonyl (C=O) groups excluding carboxylic acids is 1. The molecule has 0 bridgehead atoms. The van der Waals surface area contributed by atoms with Crippen LogP contribution in [0.3, 0.4) is 0 Å². The lowest BCUT2D eigenvalue weighted by Gasteiger charge is -2.17. The van der Waals surface area contributed by atoms with Crippen molar-refractivity contribution in [1.82, 2.24) is 15.3 Å². The lowest BCUT2D eigenvalue weighted by molar-refractivity contribution is 0.0921. The maximum Gasteiger partial charge on any atom is 0.263 e. The fourth-order valence-electron chi connectivity index (χ4n) is 3.84. The van der Waals surface area contributed by atoms with Crippen molar-refractivity contribution in [2.75, 3.05) is 11.9 Å². The third-order valence-electron chi connectivity index (χ3n) is 5.40. The van der Waals surface area contributed by atoms with Gasteiger partial charge in [-0.05, 0) is 30.2 Å². The zero-order valence-electron chi connectivity index (χ0n) is 17.2. The third kappa shape index (κ3) is 3.95. The topological polar surface area (TPSA) is 90.0 Å². The fourth-order valence-corrected chi connectivity index (χ4v) is 4.91. The average Bonchev–Trinajstić information content (AvgIpc) is 3.45. The van der Waals surface area contributed by atoms with Gasteiger partial charge in [0.05, 0.1) is 24.0 Å². The fraction of sp³-hybridized carbons (Fsp3) is 0.120. The molecule has 3 aromatic heterocycles. The third-order valence-corrected chi connectivity index (χ3v) is 6.57. The highest BCUT2D eigenvalue weighted by atomic mass is 32.1. The molecule has 5 aromatic rings. The number of anilines is 2. The van der Waals surface area contributed by atoms with Crippen molar-refractivity contribution in [2.45, 2.75) is 12.5 Å². The summed E-state index contributed by atoms with van der Waals surface area (Å²) in [6.07, 6.45) is 4.14. The van der Waals surface area contributed by atoms with Crippen LogP contribution in [0.15, 0.2) is 79.1 Å². The van der Waals surface area contributed by atoms with E-state index in [0.717, 1.165) is 38.1 Å². The Balaban J connectivity index is 1.48. The zero-order chi connectivity index (χ0) is 21.9. The van der Waals surface area contributed by atoms with E-state index in [-0.39, 0.29) is 18.6 Å². The van der Waals surface area contributed by atoms with E-state index in [0.29, 0.717) is 11.3 Å². The Kier molecular flexibility index (Phi) is 5.58. The molecule has 7 heteroatoms. The number of nitrogens with one attached hydrogen (secondary N) is 3. The molecule has 4 N–H and O–H groups in total. The molecule has 0 saturated heterocycles. The maximum absolute atomic E-state index is 13.3. The van der Waals surface area contributed by atoms with Gasteiger partial charge < -0.3 is 20.7 Å². The summed E-state index contributed by atoms with van der Waals surface area (Å²) in [5.74, 6) is -0.206. The molecule has 0 radical (unpaired) electrons. The predicted molar refractivity (Wildman–Crippen MR) is 130 cm³/mol. The molecule has 0 unspecified atom stereocenters. The van der Waals surface area contributed by atoms with Crippen LogP contribution in [0, 0.1) is 0 Å². The van der Waals surface area contributed by atoms with Gasteiger partial charge >= 0.3 is 0 Å². The number of aliphatic hydroxyl groups excluding tert-OH is 1. The molecule has 0 fully saturated rings. The number of aliphatic hydroxyl groups is 1. The van der Waals surface area contributed by atoms with Crippen LogP contribution in [-0.4, -0.2) is 33.6 Å². The highest BCUT2D eigenvalue weighted by Gasteiger charge is 2.22. The second-order valence-electron chi connectivity index (χ2n) is 7.57. The molecular weight excluding hydrogens is 420 g/mol. The molecule has 0 aliphatic heterocycles. The molecule has 2 aromatic carbocycles. The summed E-state index contributed by atoms with van der Waals surface area (Å²) < 4.78 is 1.02. The summed E-state index contributed by atoms with van der Waals surface area (Å²) in [7, 11) is 0. The first-order valence-electron chi connectivity index (χ1n) is 10.4. The van der Waals surface area contributed by atoms with E-state index in [1.54, 1.807) is 6.20 Å². The lowest BCUT2D eigenvalue weighted by Crippen LogP contribution is -2.39. The highest BCUT2D eigenvalue weighted by Crippen LogP contribution is 2.38. The van der Waals surface area contributed by atoms with E-state index in [4.69, 9.17) is 0 Å². The van der Waals surface area contributed by atoms with Crippen LogP contribution in [0.4, 0.5) is 11.4 Å². The standard InChI is InChI=1S/C25H22N4O2S/c30-15-17(14-16-6-2-1-3-7-16)28-25(31)23-22(19-8-4-5-9-21(19)32-23)29-20-11-13-27-24-18(20)10-12-26-24/h1-13,17,30H,14-15H2,(H,28,31)(H2,26,27,29)/t17-/m0/s1. The van der Waals surface area contributed by atoms with E-state index in [1.807, 2.05) is 72.9 Å². The molecule has 0 spiro atoms. The van der Waals surface area contributed by atoms with Crippen LogP contribution in [0.25, 0.3) is 21.1 Å². The molecule has 5 rings (SSSR count). The molecular formula is C25H22N4O2S. The number of amides is 1. The Morgan fingerprint density at radius 3 is 2.69 bits per heavy atom. The number of fused-ring (bicyclic) bond motifs is 2. The molecule has 0 saturated carbocycles. The van der Waals surface area contributed by atoms with Crippen molar-refractivity contribution in [3.8, 4) is 0 Å². The van der Waals surface area contributed by atoms with Crippen molar-refractivity contribution >= 4 is 49.7 Å². The Morgan fingerprint density at radius 2 is 1.84 bits per heavy atom. The number of rotatable bonds is 7. The Labute approximate surface area is 188 Å². The first kappa shape index (κ1) is 20.2. The van der Waals surface area contributed by atoms with Gasteiger partial charge in [-0.15, -0.1) is 11.3 Å². The largest absolute Gasteiger partial charge is 0.394 e. The number of hydrogen-bond donors (Lipinski definition) is 4. The van der Waals surface area contributed by atoms with E-state index < -0.39 is 0 Å². The highest BCUT2D eigenvalue weighted by molar-refractivity contribution is 7.21. The minimum absolute atomic E-state index is 0.136. The van der Waals surface area contributed by atoms with E-state index in [1.165, 1.54) is 11.3 Å². The van der Waals surface area contributed by atoms with Crippen LogP contribution in [0.1, 0.15) is 15.2 Å². The van der Waals surface area contributed by atoms with Crippen LogP contribution in [0.2, 0.25) is 0 Å². The number of aromatic nitrogens is 2. The maximum atomic E-state index is 13.3. The average molecular weight is 443 g/mol. The van der Waals surface area contributed by atoms with Gasteiger partial charge in [-0.2, -0.15) is 0 Å². The second kappa shape index (κ2) is 8.82. The zero-order valence-corrected chi connectivity index (χ0v) is 18.0. The number of carbonyl (C=O) groups is 1. The van der Waals surface area contributed by atoms with Crippen molar-refractivity contribution in [2.24, 2.45) is 0 Å². The van der Waals surface area contributed by atoms with Crippen molar-refractivity contribution in [3.63, 3.8) is 0 Å².